The van der Waals surface area contributed by atoms with Gasteiger partial charge in [0.1, 0.15) is 12.0 Å². The highest BCUT2D eigenvalue weighted by molar-refractivity contribution is 5.80. The van der Waals surface area contributed by atoms with Gasteiger partial charge in [0.25, 0.3) is 0 Å². The van der Waals surface area contributed by atoms with Crippen molar-refractivity contribution in [3.8, 4) is 5.75 Å². The first-order chi connectivity index (χ1) is 7.59. The number of carbonyl (C=O) groups is 1. The molecule has 0 aliphatic heterocycles. The van der Waals surface area contributed by atoms with E-state index in [-0.39, 0.29) is 16.6 Å². The van der Waals surface area contributed by atoms with Crippen LogP contribution in [0, 0.1) is 0 Å². The van der Waals surface area contributed by atoms with Crippen LogP contribution in [0.4, 0.5) is 0 Å². The normalized spacial score (nSPS) is 12.6. The second-order valence-corrected chi connectivity index (χ2v) is 6.54. The van der Waals surface area contributed by atoms with Crippen LogP contribution < -0.4 is 0 Å². The van der Waals surface area contributed by atoms with Crippen LogP contribution in [0.1, 0.15) is 63.0 Å². The van der Waals surface area contributed by atoms with Gasteiger partial charge < -0.3 is 5.11 Å². The van der Waals surface area contributed by atoms with Crippen molar-refractivity contribution in [3.63, 3.8) is 0 Å². The summed E-state index contributed by atoms with van der Waals surface area (Å²) in [5, 5.41) is 10.1. The minimum atomic E-state index is -0.189. The van der Waals surface area contributed by atoms with Crippen molar-refractivity contribution in [1.82, 2.24) is 0 Å². The van der Waals surface area contributed by atoms with E-state index < -0.39 is 0 Å². The van der Waals surface area contributed by atoms with E-state index in [4.69, 9.17) is 0 Å². The fraction of sp³-hybridized carbons (Fsp3) is 0.533. The Labute approximate surface area is 104 Å². The van der Waals surface area contributed by atoms with Crippen molar-refractivity contribution in [2.24, 2.45) is 0 Å². The molecular weight excluding hydrogens is 212 g/mol. The average molecular weight is 234 g/mol. The number of aromatic hydroxyl groups is 1. The highest BCUT2D eigenvalue weighted by atomic mass is 16.3. The molecule has 0 saturated heterocycles. The van der Waals surface area contributed by atoms with Gasteiger partial charge in [-0.1, -0.05) is 41.5 Å². The van der Waals surface area contributed by atoms with E-state index in [1.807, 2.05) is 20.8 Å². The number of benzene rings is 1. The van der Waals surface area contributed by atoms with E-state index in [9.17, 15) is 9.90 Å². The third-order valence-electron chi connectivity index (χ3n) is 2.84. The highest BCUT2D eigenvalue weighted by Gasteiger charge is 2.30. The smallest absolute Gasteiger partial charge is 0.150 e. The summed E-state index contributed by atoms with van der Waals surface area (Å²) in [5.41, 5.74) is 2.12. The fourth-order valence-corrected chi connectivity index (χ4v) is 2.27. The summed E-state index contributed by atoms with van der Waals surface area (Å²) in [6.07, 6.45) is 0.870. The standard InChI is InChI=1S/C15H22O2/c1-14(2,3)12-10(9-16)7-8-11(17)13(12)15(4,5)6/h7-9,17H,1-6H3. The number of carbonyl (C=O) groups excluding carboxylic acids is 1. The Hall–Kier alpha value is -1.31. The summed E-state index contributed by atoms with van der Waals surface area (Å²) in [6.45, 7) is 12.3. The van der Waals surface area contributed by atoms with Gasteiger partial charge in [-0.2, -0.15) is 0 Å². The van der Waals surface area contributed by atoms with Crippen LogP contribution >= 0.6 is 0 Å². The van der Waals surface area contributed by atoms with Crippen LogP contribution in [0.15, 0.2) is 12.1 Å². The van der Waals surface area contributed by atoms with Crippen LogP contribution in [0.5, 0.6) is 5.75 Å². The minimum absolute atomic E-state index is 0.169. The molecule has 0 aliphatic rings. The maximum absolute atomic E-state index is 11.2. The molecule has 0 amide bonds. The fourth-order valence-electron chi connectivity index (χ4n) is 2.27. The number of aldehydes is 1. The molecule has 1 N–H and O–H groups in total. The zero-order valence-corrected chi connectivity index (χ0v) is 11.6. The Morgan fingerprint density at radius 2 is 1.41 bits per heavy atom. The first-order valence-corrected chi connectivity index (χ1v) is 5.91. The van der Waals surface area contributed by atoms with E-state index in [0.717, 1.165) is 17.4 Å². The minimum Gasteiger partial charge on any atom is -0.508 e. The van der Waals surface area contributed by atoms with Gasteiger partial charge in [0.05, 0.1) is 0 Å². The number of hydrogen-bond donors (Lipinski definition) is 1. The van der Waals surface area contributed by atoms with Crippen molar-refractivity contribution in [3.05, 3.63) is 28.8 Å². The molecule has 2 heteroatoms. The zero-order chi connectivity index (χ0) is 13.4. The molecule has 1 rings (SSSR count). The van der Waals surface area contributed by atoms with E-state index in [1.54, 1.807) is 12.1 Å². The van der Waals surface area contributed by atoms with E-state index in [0.29, 0.717) is 5.56 Å². The maximum Gasteiger partial charge on any atom is 0.150 e. The molecule has 0 aromatic heterocycles. The molecule has 0 bridgehead atoms. The third kappa shape index (κ3) is 2.68. The summed E-state index contributed by atoms with van der Waals surface area (Å²) >= 11 is 0. The van der Waals surface area contributed by atoms with Crippen molar-refractivity contribution in [2.45, 2.75) is 52.4 Å². The molecule has 1 aromatic carbocycles. The predicted molar refractivity (Wildman–Crippen MR) is 70.9 cm³/mol. The monoisotopic (exact) mass is 234 g/mol. The maximum atomic E-state index is 11.2. The second-order valence-electron chi connectivity index (χ2n) is 6.54. The van der Waals surface area contributed by atoms with Crippen molar-refractivity contribution < 1.29 is 9.90 Å². The predicted octanol–water partition coefficient (Wildman–Crippen LogP) is 3.80. The Morgan fingerprint density at radius 3 is 1.76 bits per heavy atom. The van der Waals surface area contributed by atoms with Gasteiger partial charge in [0.15, 0.2) is 0 Å². The lowest BCUT2D eigenvalue weighted by atomic mass is 9.73. The Bertz CT molecular complexity index is 431. The summed E-state index contributed by atoms with van der Waals surface area (Å²) in [6, 6.07) is 3.30. The third-order valence-corrected chi connectivity index (χ3v) is 2.84. The SMILES string of the molecule is CC(C)(C)c1c(O)ccc(C=O)c1C(C)(C)C. The molecule has 0 spiro atoms. The first-order valence-electron chi connectivity index (χ1n) is 5.91. The van der Waals surface area contributed by atoms with Crippen LogP contribution in [0.3, 0.4) is 0 Å². The van der Waals surface area contributed by atoms with Gasteiger partial charge >= 0.3 is 0 Å². The van der Waals surface area contributed by atoms with Gasteiger partial charge in [-0.05, 0) is 28.5 Å². The molecule has 94 valence electrons. The summed E-state index contributed by atoms with van der Waals surface area (Å²) in [4.78, 5) is 11.2. The molecule has 0 fully saturated rings. The zero-order valence-electron chi connectivity index (χ0n) is 11.6. The molecule has 0 saturated carbocycles. The quantitative estimate of drug-likeness (QED) is 0.750. The topological polar surface area (TPSA) is 37.3 Å². The summed E-state index contributed by atoms with van der Waals surface area (Å²) in [7, 11) is 0. The van der Waals surface area contributed by atoms with Crippen molar-refractivity contribution >= 4 is 6.29 Å². The first kappa shape index (κ1) is 13.8. The lowest BCUT2D eigenvalue weighted by Crippen LogP contribution is -2.24. The number of phenolic OH excluding ortho intramolecular Hbond substituents is 1. The van der Waals surface area contributed by atoms with Gasteiger partial charge in [0.2, 0.25) is 0 Å². The molecule has 0 atom stereocenters. The van der Waals surface area contributed by atoms with Gasteiger partial charge in [-0.25, -0.2) is 0 Å². The second kappa shape index (κ2) is 4.17. The number of hydrogen-bond acceptors (Lipinski definition) is 2. The number of rotatable bonds is 1. The van der Waals surface area contributed by atoms with E-state index >= 15 is 0 Å². The molecule has 0 radical (unpaired) electrons. The van der Waals surface area contributed by atoms with Gasteiger partial charge in [0, 0.05) is 11.1 Å². The van der Waals surface area contributed by atoms with E-state index in [2.05, 4.69) is 20.8 Å². The molecule has 0 unspecified atom stereocenters. The lowest BCUT2D eigenvalue weighted by molar-refractivity contribution is 0.112. The van der Waals surface area contributed by atoms with Crippen LogP contribution in [0.25, 0.3) is 0 Å². The summed E-state index contributed by atoms with van der Waals surface area (Å²) < 4.78 is 0. The van der Waals surface area contributed by atoms with Crippen molar-refractivity contribution in [1.29, 1.82) is 0 Å². The highest BCUT2D eigenvalue weighted by Crippen LogP contribution is 2.40. The Balaban J connectivity index is 3.73. The Morgan fingerprint density at radius 1 is 0.941 bits per heavy atom. The molecule has 17 heavy (non-hydrogen) atoms. The molecular formula is C15H22O2. The van der Waals surface area contributed by atoms with Gasteiger partial charge in [-0.15, -0.1) is 0 Å². The molecule has 1 aromatic rings. The van der Waals surface area contributed by atoms with Crippen molar-refractivity contribution in [2.75, 3.05) is 0 Å². The largest absolute Gasteiger partial charge is 0.508 e. The van der Waals surface area contributed by atoms with Gasteiger partial charge in [-0.3, -0.25) is 4.79 Å². The Kier molecular flexibility index (Phi) is 3.37. The van der Waals surface area contributed by atoms with Crippen LogP contribution in [-0.2, 0) is 10.8 Å². The lowest BCUT2D eigenvalue weighted by Gasteiger charge is -2.31. The van der Waals surface area contributed by atoms with E-state index in [1.165, 1.54) is 0 Å². The molecule has 0 aliphatic carbocycles. The molecule has 0 heterocycles. The average Bonchev–Trinajstić information content (AvgIpc) is 2.13. The van der Waals surface area contributed by atoms with Crippen LogP contribution in [0.2, 0.25) is 0 Å². The molecule has 2 nitrogen and oxygen atoms in total. The number of phenols is 1. The summed E-state index contributed by atoms with van der Waals surface area (Å²) in [5.74, 6) is 0.271. The van der Waals surface area contributed by atoms with Crippen LogP contribution in [-0.4, -0.2) is 11.4 Å².